The lowest BCUT2D eigenvalue weighted by atomic mass is 10.1. The summed E-state index contributed by atoms with van der Waals surface area (Å²) in [7, 11) is 1.59. The fourth-order valence-electron chi connectivity index (χ4n) is 2.23. The summed E-state index contributed by atoms with van der Waals surface area (Å²) in [5, 5.41) is 11.5. The maximum atomic E-state index is 5.19. The molecule has 0 fully saturated rings. The van der Waals surface area contributed by atoms with E-state index in [2.05, 4.69) is 44.2 Å². The minimum Gasteiger partial charge on any atom is -0.377 e. The molecule has 6 nitrogen and oxygen atoms in total. The first kappa shape index (κ1) is 15.6. The average Bonchev–Trinajstić information content (AvgIpc) is 3.20. The Hall–Kier alpha value is -2.25. The van der Waals surface area contributed by atoms with Crippen LogP contribution in [-0.2, 0) is 17.8 Å². The van der Waals surface area contributed by atoms with Crippen molar-refractivity contribution in [2.45, 2.75) is 26.0 Å². The number of pyridine rings is 1. The molecular formula is C16H18N4O2S. The van der Waals surface area contributed by atoms with Crippen molar-refractivity contribution in [3.8, 4) is 11.5 Å². The largest absolute Gasteiger partial charge is 0.377 e. The molecule has 3 heterocycles. The van der Waals surface area contributed by atoms with Gasteiger partial charge in [-0.2, -0.15) is 16.3 Å². The number of anilines is 1. The Morgan fingerprint density at radius 2 is 2.26 bits per heavy atom. The summed E-state index contributed by atoms with van der Waals surface area (Å²) in [5.41, 5.74) is 2.12. The van der Waals surface area contributed by atoms with Gasteiger partial charge >= 0.3 is 0 Å². The van der Waals surface area contributed by atoms with E-state index in [1.54, 1.807) is 24.6 Å². The molecule has 23 heavy (non-hydrogen) atoms. The zero-order chi connectivity index (χ0) is 16.1. The normalized spacial score (nSPS) is 12.3. The number of hydrogen-bond acceptors (Lipinski definition) is 7. The van der Waals surface area contributed by atoms with Crippen molar-refractivity contribution in [2.75, 3.05) is 12.4 Å². The summed E-state index contributed by atoms with van der Waals surface area (Å²) in [4.78, 5) is 8.66. The van der Waals surface area contributed by atoms with E-state index < -0.39 is 0 Å². The van der Waals surface area contributed by atoms with E-state index in [9.17, 15) is 0 Å². The lowest BCUT2D eigenvalue weighted by Crippen LogP contribution is -2.18. The van der Waals surface area contributed by atoms with Crippen molar-refractivity contribution in [2.24, 2.45) is 0 Å². The molecule has 0 aliphatic rings. The Bertz CT molecular complexity index is 725. The van der Waals surface area contributed by atoms with Crippen LogP contribution in [-0.4, -0.2) is 28.3 Å². The Morgan fingerprint density at radius 3 is 2.96 bits per heavy atom. The zero-order valence-corrected chi connectivity index (χ0v) is 13.8. The van der Waals surface area contributed by atoms with Gasteiger partial charge in [-0.05, 0) is 47.9 Å². The van der Waals surface area contributed by atoms with Crippen LogP contribution in [0.4, 0.5) is 5.82 Å². The molecule has 7 heteroatoms. The van der Waals surface area contributed by atoms with Crippen LogP contribution in [0.1, 0.15) is 18.3 Å². The van der Waals surface area contributed by atoms with E-state index in [0.29, 0.717) is 24.4 Å². The number of ether oxygens (including phenoxy) is 1. The summed E-state index contributed by atoms with van der Waals surface area (Å²) >= 11 is 1.72. The molecule has 0 spiro atoms. The standard InChI is InChI=1S/C16H18N4O2S/c1-11(7-12-5-6-23-10-12)18-14-4-3-13(8-17-14)16-19-15(9-21-2)20-22-16/h3-6,8,10-11H,7,9H2,1-2H3,(H,17,18). The van der Waals surface area contributed by atoms with Gasteiger partial charge in [0, 0.05) is 19.3 Å². The molecule has 0 aliphatic carbocycles. The van der Waals surface area contributed by atoms with Gasteiger partial charge in [-0.15, -0.1) is 0 Å². The molecule has 3 rings (SSSR count). The molecule has 0 saturated heterocycles. The van der Waals surface area contributed by atoms with Crippen LogP contribution in [0, 0.1) is 0 Å². The molecule has 3 aromatic heterocycles. The summed E-state index contributed by atoms with van der Waals surface area (Å²) in [6.07, 6.45) is 2.70. The van der Waals surface area contributed by atoms with Gasteiger partial charge in [0.25, 0.3) is 5.89 Å². The van der Waals surface area contributed by atoms with Gasteiger partial charge in [-0.3, -0.25) is 0 Å². The van der Waals surface area contributed by atoms with Crippen molar-refractivity contribution < 1.29 is 9.26 Å². The molecule has 0 amide bonds. The van der Waals surface area contributed by atoms with Crippen LogP contribution >= 0.6 is 11.3 Å². The first-order valence-corrected chi connectivity index (χ1v) is 8.24. The molecule has 0 aromatic carbocycles. The van der Waals surface area contributed by atoms with E-state index in [1.807, 2.05) is 12.1 Å². The molecule has 120 valence electrons. The number of rotatable bonds is 7. The molecule has 0 saturated carbocycles. The van der Waals surface area contributed by atoms with Gasteiger partial charge in [0.2, 0.25) is 0 Å². The monoisotopic (exact) mass is 330 g/mol. The number of aromatic nitrogens is 3. The van der Waals surface area contributed by atoms with Gasteiger partial charge in [0.05, 0.1) is 5.56 Å². The average molecular weight is 330 g/mol. The quantitative estimate of drug-likeness (QED) is 0.716. The summed E-state index contributed by atoms with van der Waals surface area (Å²) in [6.45, 7) is 2.47. The fourth-order valence-corrected chi connectivity index (χ4v) is 2.91. The predicted molar refractivity (Wildman–Crippen MR) is 89.3 cm³/mol. The Balaban J connectivity index is 1.62. The van der Waals surface area contributed by atoms with Crippen LogP contribution in [0.15, 0.2) is 39.7 Å². The highest BCUT2D eigenvalue weighted by Gasteiger charge is 2.10. The van der Waals surface area contributed by atoms with Crippen LogP contribution in [0.5, 0.6) is 0 Å². The van der Waals surface area contributed by atoms with Crippen LogP contribution < -0.4 is 5.32 Å². The van der Waals surface area contributed by atoms with E-state index >= 15 is 0 Å². The van der Waals surface area contributed by atoms with E-state index in [4.69, 9.17) is 9.26 Å². The SMILES string of the molecule is COCc1noc(-c2ccc(NC(C)Cc3ccsc3)nc2)n1. The first-order chi connectivity index (χ1) is 11.2. The second kappa shape index (κ2) is 7.34. The Kier molecular flexibility index (Phi) is 4.99. The molecular weight excluding hydrogens is 312 g/mol. The van der Waals surface area contributed by atoms with Gasteiger partial charge in [0.15, 0.2) is 5.82 Å². The smallest absolute Gasteiger partial charge is 0.259 e. The number of methoxy groups -OCH3 is 1. The Labute approximate surface area is 138 Å². The van der Waals surface area contributed by atoms with E-state index in [1.165, 1.54) is 5.56 Å². The fraction of sp³-hybridized carbons (Fsp3) is 0.312. The second-order valence-electron chi connectivity index (χ2n) is 5.26. The Morgan fingerprint density at radius 1 is 1.35 bits per heavy atom. The molecule has 1 atom stereocenters. The van der Waals surface area contributed by atoms with E-state index in [-0.39, 0.29) is 0 Å². The van der Waals surface area contributed by atoms with Crippen molar-refractivity contribution in [1.82, 2.24) is 15.1 Å². The first-order valence-electron chi connectivity index (χ1n) is 7.30. The van der Waals surface area contributed by atoms with Crippen molar-refractivity contribution in [3.63, 3.8) is 0 Å². The summed E-state index contributed by atoms with van der Waals surface area (Å²) < 4.78 is 10.2. The second-order valence-corrected chi connectivity index (χ2v) is 6.04. The zero-order valence-electron chi connectivity index (χ0n) is 13.0. The van der Waals surface area contributed by atoms with Crippen molar-refractivity contribution in [1.29, 1.82) is 0 Å². The van der Waals surface area contributed by atoms with Crippen molar-refractivity contribution >= 4 is 17.2 Å². The minimum absolute atomic E-state index is 0.305. The highest BCUT2D eigenvalue weighted by Crippen LogP contribution is 2.18. The van der Waals surface area contributed by atoms with Crippen LogP contribution in [0.2, 0.25) is 0 Å². The third-order valence-corrected chi connectivity index (χ3v) is 4.00. The highest BCUT2D eigenvalue weighted by molar-refractivity contribution is 7.07. The lowest BCUT2D eigenvalue weighted by Gasteiger charge is -2.13. The number of nitrogens with zero attached hydrogens (tertiary/aromatic N) is 3. The molecule has 0 aliphatic heterocycles. The maximum Gasteiger partial charge on any atom is 0.259 e. The third-order valence-electron chi connectivity index (χ3n) is 3.27. The predicted octanol–water partition coefficient (Wildman–Crippen LogP) is 3.38. The molecule has 1 unspecified atom stereocenters. The van der Waals surface area contributed by atoms with E-state index in [0.717, 1.165) is 17.8 Å². The van der Waals surface area contributed by atoms with Gasteiger partial charge in [-0.1, -0.05) is 5.16 Å². The summed E-state index contributed by atoms with van der Waals surface area (Å²) in [6, 6.07) is 6.28. The maximum absolute atomic E-state index is 5.19. The topological polar surface area (TPSA) is 73.1 Å². The van der Waals surface area contributed by atoms with Crippen molar-refractivity contribution in [3.05, 3.63) is 46.5 Å². The lowest BCUT2D eigenvalue weighted by molar-refractivity contribution is 0.174. The van der Waals surface area contributed by atoms with Gasteiger partial charge in [0.1, 0.15) is 12.4 Å². The highest BCUT2D eigenvalue weighted by atomic mass is 32.1. The number of nitrogens with one attached hydrogen (secondary N) is 1. The molecule has 0 radical (unpaired) electrons. The molecule has 1 N–H and O–H groups in total. The molecule has 3 aromatic rings. The number of thiophene rings is 1. The summed E-state index contributed by atoms with van der Waals surface area (Å²) in [5.74, 6) is 1.80. The van der Waals surface area contributed by atoms with Crippen LogP contribution in [0.25, 0.3) is 11.5 Å². The minimum atomic E-state index is 0.305. The molecule has 0 bridgehead atoms. The number of hydrogen-bond donors (Lipinski definition) is 1. The van der Waals surface area contributed by atoms with Crippen LogP contribution in [0.3, 0.4) is 0 Å². The third kappa shape index (κ3) is 4.14. The van der Waals surface area contributed by atoms with Gasteiger partial charge < -0.3 is 14.6 Å². The van der Waals surface area contributed by atoms with Gasteiger partial charge in [-0.25, -0.2) is 4.98 Å².